The fraction of sp³-hybridized carbons (Fsp3) is 0.278. The summed E-state index contributed by atoms with van der Waals surface area (Å²) in [6.45, 7) is 4.50. The van der Waals surface area contributed by atoms with E-state index in [4.69, 9.17) is 10.3 Å². The Morgan fingerprint density at radius 3 is 2.81 bits per heavy atom. The van der Waals surface area contributed by atoms with Crippen molar-refractivity contribution in [1.29, 1.82) is 0 Å². The summed E-state index contributed by atoms with van der Waals surface area (Å²) in [6, 6.07) is 9.95. The van der Waals surface area contributed by atoms with Crippen LogP contribution in [-0.4, -0.2) is 33.1 Å². The molecule has 2 aromatic heterocycles. The lowest BCUT2D eigenvalue weighted by Crippen LogP contribution is -2.27. The van der Waals surface area contributed by atoms with E-state index < -0.39 is 0 Å². The summed E-state index contributed by atoms with van der Waals surface area (Å²) >= 11 is 1.25. The standard InChI is InChI=1S/C18H21N5O2S/c1-12-5-3-4-6-14(12)7-9-20-16(24)11-26-18-22-21-17(23(18)19)15-8-10-25-13(15)2/h3-6,8,10H,7,9,11,19H2,1-2H3,(H,20,24). The van der Waals surface area contributed by atoms with Crippen molar-refractivity contribution in [2.45, 2.75) is 25.4 Å². The molecule has 7 nitrogen and oxygen atoms in total. The van der Waals surface area contributed by atoms with Crippen molar-refractivity contribution in [1.82, 2.24) is 20.2 Å². The molecule has 3 aromatic rings. The molecule has 0 fully saturated rings. The van der Waals surface area contributed by atoms with Crippen molar-refractivity contribution in [3.05, 3.63) is 53.5 Å². The number of nitrogens with two attached hydrogens (primary N) is 1. The monoisotopic (exact) mass is 371 g/mol. The second kappa shape index (κ2) is 8.09. The Balaban J connectivity index is 1.50. The van der Waals surface area contributed by atoms with Gasteiger partial charge in [-0.25, -0.2) is 4.68 Å². The minimum atomic E-state index is -0.0624. The van der Waals surface area contributed by atoms with Crippen LogP contribution >= 0.6 is 11.8 Å². The van der Waals surface area contributed by atoms with Crippen LogP contribution in [0.3, 0.4) is 0 Å². The molecule has 8 heteroatoms. The number of carbonyl (C=O) groups is 1. The highest BCUT2D eigenvalue weighted by Gasteiger charge is 2.16. The first-order valence-corrected chi connectivity index (χ1v) is 9.23. The summed E-state index contributed by atoms with van der Waals surface area (Å²) in [4.78, 5) is 12.0. The van der Waals surface area contributed by atoms with Crippen molar-refractivity contribution in [3.8, 4) is 11.4 Å². The molecular formula is C18H21N5O2S. The number of hydrogen-bond donors (Lipinski definition) is 2. The summed E-state index contributed by atoms with van der Waals surface area (Å²) in [5.41, 5.74) is 3.26. The fourth-order valence-corrected chi connectivity index (χ4v) is 3.27. The molecule has 0 saturated heterocycles. The van der Waals surface area contributed by atoms with Crippen molar-refractivity contribution in [2.75, 3.05) is 18.1 Å². The number of furan rings is 1. The topological polar surface area (TPSA) is 99.0 Å². The van der Waals surface area contributed by atoms with E-state index in [2.05, 4.69) is 34.6 Å². The Hall–Kier alpha value is -2.74. The number of thioether (sulfide) groups is 1. The third-order valence-electron chi connectivity index (χ3n) is 4.07. The van der Waals surface area contributed by atoms with E-state index in [-0.39, 0.29) is 11.7 Å². The van der Waals surface area contributed by atoms with Gasteiger partial charge in [-0.2, -0.15) is 0 Å². The van der Waals surface area contributed by atoms with Crippen molar-refractivity contribution in [3.63, 3.8) is 0 Å². The largest absolute Gasteiger partial charge is 0.469 e. The number of aryl methyl sites for hydroxylation is 2. The average Bonchev–Trinajstić information content (AvgIpc) is 3.20. The van der Waals surface area contributed by atoms with Crippen LogP contribution in [-0.2, 0) is 11.2 Å². The minimum absolute atomic E-state index is 0.0624. The van der Waals surface area contributed by atoms with E-state index in [1.807, 2.05) is 19.1 Å². The Kier molecular flexibility index (Phi) is 5.62. The van der Waals surface area contributed by atoms with E-state index in [1.54, 1.807) is 12.3 Å². The molecule has 2 heterocycles. The Morgan fingerprint density at radius 2 is 2.08 bits per heavy atom. The summed E-state index contributed by atoms with van der Waals surface area (Å²) in [7, 11) is 0. The van der Waals surface area contributed by atoms with Crippen molar-refractivity contribution < 1.29 is 9.21 Å². The number of nitrogens with zero attached hydrogens (tertiary/aromatic N) is 3. The lowest BCUT2D eigenvalue weighted by Gasteiger charge is -2.07. The SMILES string of the molecule is Cc1ccccc1CCNC(=O)CSc1nnc(-c2ccoc2C)n1N. The Labute approximate surface area is 156 Å². The molecule has 1 aromatic carbocycles. The average molecular weight is 371 g/mol. The Bertz CT molecular complexity index is 903. The van der Waals surface area contributed by atoms with Gasteiger partial charge in [-0.05, 0) is 37.5 Å². The summed E-state index contributed by atoms with van der Waals surface area (Å²) < 4.78 is 6.64. The van der Waals surface area contributed by atoms with Gasteiger partial charge < -0.3 is 15.6 Å². The minimum Gasteiger partial charge on any atom is -0.469 e. The number of benzene rings is 1. The van der Waals surface area contributed by atoms with E-state index in [1.165, 1.54) is 27.6 Å². The zero-order valence-corrected chi connectivity index (χ0v) is 15.5. The maximum atomic E-state index is 12.0. The molecule has 0 saturated carbocycles. The van der Waals surface area contributed by atoms with Gasteiger partial charge in [0, 0.05) is 6.54 Å². The summed E-state index contributed by atoms with van der Waals surface area (Å²) in [6.07, 6.45) is 2.38. The van der Waals surface area contributed by atoms with Gasteiger partial charge in [-0.3, -0.25) is 4.79 Å². The molecule has 0 unspecified atom stereocenters. The van der Waals surface area contributed by atoms with E-state index in [9.17, 15) is 4.79 Å². The molecular weight excluding hydrogens is 350 g/mol. The van der Waals surface area contributed by atoms with Gasteiger partial charge in [0.2, 0.25) is 11.1 Å². The molecule has 0 atom stereocenters. The molecule has 0 radical (unpaired) electrons. The van der Waals surface area contributed by atoms with E-state index in [0.29, 0.717) is 17.5 Å². The van der Waals surface area contributed by atoms with Gasteiger partial charge in [-0.1, -0.05) is 36.0 Å². The molecule has 136 valence electrons. The number of amides is 1. The normalized spacial score (nSPS) is 10.8. The van der Waals surface area contributed by atoms with Crippen LogP contribution < -0.4 is 11.2 Å². The first-order valence-electron chi connectivity index (χ1n) is 8.25. The summed E-state index contributed by atoms with van der Waals surface area (Å²) in [5.74, 6) is 7.44. The van der Waals surface area contributed by atoms with Crippen LogP contribution in [0.1, 0.15) is 16.9 Å². The molecule has 0 bridgehead atoms. The van der Waals surface area contributed by atoms with Gasteiger partial charge in [0.05, 0.1) is 17.6 Å². The van der Waals surface area contributed by atoms with Crippen molar-refractivity contribution in [2.24, 2.45) is 0 Å². The molecule has 1 amide bonds. The van der Waals surface area contributed by atoms with Gasteiger partial charge in [0.25, 0.3) is 0 Å². The van der Waals surface area contributed by atoms with Crippen LogP contribution in [0.2, 0.25) is 0 Å². The molecule has 3 N–H and O–H groups in total. The number of nitrogens with one attached hydrogen (secondary N) is 1. The molecule has 26 heavy (non-hydrogen) atoms. The number of rotatable bonds is 7. The van der Waals surface area contributed by atoms with Crippen LogP contribution in [0.25, 0.3) is 11.4 Å². The molecule has 0 aliphatic carbocycles. The first-order chi connectivity index (χ1) is 12.6. The molecule has 0 aliphatic heterocycles. The lowest BCUT2D eigenvalue weighted by atomic mass is 10.1. The van der Waals surface area contributed by atoms with E-state index in [0.717, 1.165) is 17.7 Å². The van der Waals surface area contributed by atoms with Gasteiger partial charge in [0.15, 0.2) is 5.82 Å². The quantitative estimate of drug-likeness (QED) is 0.488. The molecule has 3 rings (SSSR count). The van der Waals surface area contributed by atoms with Gasteiger partial charge in [-0.15, -0.1) is 10.2 Å². The van der Waals surface area contributed by atoms with E-state index >= 15 is 0 Å². The van der Waals surface area contributed by atoms with Crippen LogP contribution in [0.5, 0.6) is 0 Å². The second-order valence-electron chi connectivity index (χ2n) is 5.88. The number of aromatic nitrogens is 3. The van der Waals surface area contributed by atoms with Gasteiger partial charge in [0.1, 0.15) is 5.76 Å². The highest BCUT2D eigenvalue weighted by atomic mass is 32.2. The van der Waals surface area contributed by atoms with Crippen LogP contribution in [0.4, 0.5) is 0 Å². The smallest absolute Gasteiger partial charge is 0.230 e. The first kappa shape index (κ1) is 18.1. The molecule has 0 spiro atoms. The third kappa shape index (κ3) is 4.08. The highest BCUT2D eigenvalue weighted by molar-refractivity contribution is 7.99. The molecule has 0 aliphatic rings. The lowest BCUT2D eigenvalue weighted by molar-refractivity contribution is -0.118. The van der Waals surface area contributed by atoms with Crippen LogP contribution in [0, 0.1) is 13.8 Å². The third-order valence-corrected chi connectivity index (χ3v) is 5.02. The number of nitrogen functional groups attached to an aromatic ring is 1. The zero-order chi connectivity index (χ0) is 18.5. The van der Waals surface area contributed by atoms with Crippen molar-refractivity contribution >= 4 is 17.7 Å². The van der Waals surface area contributed by atoms with Crippen LogP contribution in [0.15, 0.2) is 46.2 Å². The Morgan fingerprint density at radius 1 is 1.27 bits per heavy atom. The fourth-order valence-electron chi connectivity index (χ4n) is 2.58. The number of hydrogen-bond acceptors (Lipinski definition) is 6. The predicted molar refractivity (Wildman–Crippen MR) is 101 cm³/mol. The number of carbonyl (C=O) groups excluding carboxylic acids is 1. The van der Waals surface area contributed by atoms with Gasteiger partial charge >= 0.3 is 0 Å². The predicted octanol–water partition coefficient (Wildman–Crippen LogP) is 2.32. The maximum absolute atomic E-state index is 12.0. The zero-order valence-electron chi connectivity index (χ0n) is 14.7. The highest BCUT2D eigenvalue weighted by Crippen LogP contribution is 2.24. The summed E-state index contributed by atoms with van der Waals surface area (Å²) in [5, 5.41) is 11.5. The second-order valence-corrected chi connectivity index (χ2v) is 6.82. The maximum Gasteiger partial charge on any atom is 0.230 e.